The van der Waals surface area contributed by atoms with E-state index in [0.717, 1.165) is 50.6 Å². The first kappa shape index (κ1) is 52.4. The summed E-state index contributed by atoms with van der Waals surface area (Å²) in [6, 6.07) is 39.4. The molecule has 3 N–H and O–H groups in total. The fraction of sp³-hybridized carbons (Fsp3) is 0.230. The molecule has 2 atom stereocenters. The van der Waals surface area contributed by atoms with Crippen LogP contribution in [-0.4, -0.2) is 74.5 Å². The van der Waals surface area contributed by atoms with Gasteiger partial charge in [0.25, 0.3) is 0 Å². The number of nitrogens with one attached hydrogen (secondary N) is 2. The predicted octanol–water partition coefficient (Wildman–Crippen LogP) is 11.4. The highest BCUT2D eigenvalue weighted by Gasteiger charge is 2.33. The zero-order valence-corrected chi connectivity index (χ0v) is 42.4. The fourth-order valence-corrected chi connectivity index (χ4v) is 9.22. The van der Waals surface area contributed by atoms with E-state index in [0.29, 0.717) is 11.1 Å². The van der Waals surface area contributed by atoms with Crippen LogP contribution in [0.5, 0.6) is 23.0 Å². The second kappa shape index (κ2) is 23.8. The summed E-state index contributed by atoms with van der Waals surface area (Å²) in [6.07, 6.45) is 5.12. The molecule has 0 bridgehead atoms. The Balaban J connectivity index is 0.819. The van der Waals surface area contributed by atoms with Crippen molar-refractivity contribution in [3.8, 4) is 45.3 Å². The van der Waals surface area contributed by atoms with E-state index in [1.54, 1.807) is 52.0 Å². The molecule has 0 unspecified atom stereocenters. The number of ether oxygens (including phenoxy) is 6. The summed E-state index contributed by atoms with van der Waals surface area (Å²) in [5.74, 6) is -2.71. The van der Waals surface area contributed by atoms with Gasteiger partial charge in [-0.2, -0.15) is 0 Å². The van der Waals surface area contributed by atoms with Gasteiger partial charge in [0.1, 0.15) is 31.1 Å². The maximum Gasteiger partial charge on any atom is 0.407 e. The minimum atomic E-state index is -1.04. The molecule has 384 valence electrons. The van der Waals surface area contributed by atoms with Crippen molar-refractivity contribution in [1.29, 1.82) is 0 Å². The van der Waals surface area contributed by atoms with Crippen LogP contribution in [-0.2, 0) is 23.9 Å². The van der Waals surface area contributed by atoms with Gasteiger partial charge in [-0.25, -0.2) is 19.2 Å². The molecule has 2 aliphatic rings. The van der Waals surface area contributed by atoms with Crippen LogP contribution >= 0.6 is 0 Å². The number of aliphatic hydroxyl groups excluding tert-OH is 1. The van der Waals surface area contributed by atoms with Gasteiger partial charge >= 0.3 is 24.1 Å². The number of fused-ring (bicyclic) bond motifs is 6. The van der Waals surface area contributed by atoms with Crippen molar-refractivity contribution in [3.05, 3.63) is 191 Å². The molecule has 2 amide bonds. The highest BCUT2D eigenvalue weighted by Crippen LogP contribution is 2.46. The van der Waals surface area contributed by atoms with Gasteiger partial charge in [-0.15, -0.1) is 0 Å². The molecule has 2 aliphatic carbocycles. The maximum absolute atomic E-state index is 13.5. The predicted molar refractivity (Wildman–Crippen MR) is 285 cm³/mol. The van der Waals surface area contributed by atoms with Gasteiger partial charge in [-0.05, 0) is 104 Å². The molecule has 0 radical (unpaired) electrons. The number of carbonyl (C=O) groups is 5. The summed E-state index contributed by atoms with van der Waals surface area (Å²) in [5, 5.41) is 16.0. The molecule has 0 spiro atoms. The number of allylic oxidation sites excluding steroid dienone is 3. The Morgan fingerprint density at radius 3 is 1.23 bits per heavy atom. The SMILES string of the molecule is COc1cc(/C=C/C(=O)C=C(O)/C=C/c2ccc(OC(=O)[C@@H](NC(=O)OCC3c4ccccc4-c4ccccc43)C(C)C)c(OC)c2)ccc1OC(=O)[C@@H](NC(=O)OCC1c2ccccc2-c2ccccc21)C(C)C. The molecule has 0 aliphatic heterocycles. The van der Waals surface area contributed by atoms with E-state index >= 15 is 0 Å². The second-order valence-corrected chi connectivity index (χ2v) is 18.7. The van der Waals surface area contributed by atoms with E-state index in [2.05, 4.69) is 22.8 Å². The number of alkyl carbamates (subject to hydrolysis) is 2. The molecule has 75 heavy (non-hydrogen) atoms. The molecule has 0 fully saturated rings. The zero-order chi connectivity index (χ0) is 53.2. The smallest absolute Gasteiger partial charge is 0.407 e. The number of hydrogen-bond donors (Lipinski definition) is 3. The second-order valence-electron chi connectivity index (χ2n) is 18.7. The first-order valence-electron chi connectivity index (χ1n) is 24.6. The number of ketones is 1. The summed E-state index contributed by atoms with van der Waals surface area (Å²) in [6.45, 7) is 7.27. The first-order valence-corrected chi connectivity index (χ1v) is 24.6. The van der Waals surface area contributed by atoms with Crippen LogP contribution in [0.15, 0.2) is 157 Å². The third-order valence-electron chi connectivity index (χ3n) is 13.0. The van der Waals surface area contributed by atoms with E-state index in [9.17, 15) is 29.1 Å². The largest absolute Gasteiger partial charge is 0.508 e. The van der Waals surface area contributed by atoms with E-state index in [1.807, 2.05) is 84.9 Å². The Morgan fingerprint density at radius 1 is 0.507 bits per heavy atom. The highest BCUT2D eigenvalue weighted by atomic mass is 16.6. The summed E-state index contributed by atoms with van der Waals surface area (Å²) in [7, 11) is 2.81. The van der Waals surface area contributed by atoms with Gasteiger partial charge in [-0.1, -0.05) is 149 Å². The third-order valence-corrected chi connectivity index (χ3v) is 13.0. The number of carbonyl (C=O) groups excluding carboxylic acids is 5. The van der Waals surface area contributed by atoms with E-state index < -0.39 is 42.0 Å². The van der Waals surface area contributed by atoms with Crippen molar-refractivity contribution in [3.63, 3.8) is 0 Å². The number of esters is 2. The molecule has 14 nitrogen and oxygen atoms in total. The number of benzene rings is 6. The summed E-state index contributed by atoms with van der Waals surface area (Å²) < 4.78 is 33.8. The van der Waals surface area contributed by atoms with Crippen LogP contribution in [0, 0.1) is 11.8 Å². The van der Waals surface area contributed by atoms with Crippen LogP contribution in [0.1, 0.15) is 72.9 Å². The Morgan fingerprint density at radius 2 is 0.867 bits per heavy atom. The Bertz CT molecular complexity index is 3120. The molecular weight excluding hydrogens is 953 g/mol. The lowest BCUT2D eigenvalue weighted by Gasteiger charge is -2.22. The number of rotatable bonds is 19. The quantitative estimate of drug-likeness (QED) is 0.0230. The van der Waals surface area contributed by atoms with E-state index in [1.165, 1.54) is 50.7 Å². The van der Waals surface area contributed by atoms with Crippen molar-refractivity contribution in [2.75, 3.05) is 27.4 Å². The molecule has 0 saturated carbocycles. The topological polar surface area (TPSA) is 185 Å². The summed E-state index contributed by atoms with van der Waals surface area (Å²) in [4.78, 5) is 66.0. The Labute approximate surface area is 435 Å². The molecular formula is C61H58N2O12. The average molecular weight is 1010 g/mol. The Hall–Kier alpha value is -8.91. The molecule has 6 aromatic rings. The van der Waals surface area contributed by atoms with Crippen molar-refractivity contribution in [2.45, 2.75) is 51.6 Å². The Kier molecular flexibility index (Phi) is 16.6. The van der Waals surface area contributed by atoms with Gasteiger partial charge in [0, 0.05) is 17.9 Å². The minimum absolute atomic E-state index is 0.0831. The molecule has 0 aromatic heterocycles. The number of amides is 2. The van der Waals surface area contributed by atoms with E-state index in [4.69, 9.17) is 28.4 Å². The standard InChI is InChI=1S/C61H58N2O12/c1-36(2)56(62-60(68)72-34-50-46-19-11-7-15-42(46)43-16-8-12-20-47(43)50)58(66)74-52-29-25-38(31-54(52)70-5)23-27-40(64)33-41(65)28-24-39-26-30-53(55(32-39)71-6)75-59(67)57(37(3)4)63-61(69)73-35-51-48-21-13-9-17-44(48)45-18-10-14-22-49(45)51/h7-33,36-37,50-51,56-57,64H,34-35H2,1-6H3,(H,62,68)(H,63,69)/b27-23+,28-24+,40-33?/t56-,57-/m0/s1. The minimum Gasteiger partial charge on any atom is -0.508 e. The van der Waals surface area contributed by atoms with Gasteiger partial charge in [0.2, 0.25) is 0 Å². The normalized spacial score (nSPS) is 13.6. The van der Waals surface area contributed by atoms with Crippen molar-refractivity contribution < 1.29 is 57.5 Å². The number of hydrogen-bond acceptors (Lipinski definition) is 12. The maximum atomic E-state index is 13.5. The lowest BCUT2D eigenvalue weighted by atomic mass is 9.98. The molecule has 6 aromatic carbocycles. The van der Waals surface area contributed by atoms with Gasteiger partial charge in [-0.3, -0.25) is 4.79 Å². The monoisotopic (exact) mass is 1010 g/mol. The lowest BCUT2D eigenvalue weighted by molar-refractivity contribution is -0.138. The first-order chi connectivity index (χ1) is 36.2. The van der Waals surface area contributed by atoms with Gasteiger partial charge in [0.15, 0.2) is 28.8 Å². The summed E-state index contributed by atoms with van der Waals surface area (Å²) >= 11 is 0. The number of aliphatic hydroxyl groups is 1. The van der Waals surface area contributed by atoms with Crippen LogP contribution in [0.2, 0.25) is 0 Å². The lowest BCUT2D eigenvalue weighted by Crippen LogP contribution is -2.46. The van der Waals surface area contributed by atoms with Crippen LogP contribution in [0.4, 0.5) is 9.59 Å². The van der Waals surface area contributed by atoms with Gasteiger partial charge in [0.05, 0.1) is 14.2 Å². The van der Waals surface area contributed by atoms with Crippen LogP contribution in [0.25, 0.3) is 34.4 Å². The van der Waals surface area contributed by atoms with E-state index in [-0.39, 0.29) is 65.6 Å². The molecule has 8 rings (SSSR count). The van der Waals surface area contributed by atoms with Crippen molar-refractivity contribution in [2.24, 2.45) is 11.8 Å². The molecule has 0 heterocycles. The van der Waals surface area contributed by atoms with Gasteiger partial charge < -0.3 is 44.2 Å². The molecule has 14 heteroatoms. The molecule has 0 saturated heterocycles. The number of methoxy groups -OCH3 is 2. The van der Waals surface area contributed by atoms with Crippen molar-refractivity contribution in [1.82, 2.24) is 10.6 Å². The zero-order valence-electron chi connectivity index (χ0n) is 42.4. The third kappa shape index (κ3) is 12.3. The van der Waals surface area contributed by atoms with Crippen LogP contribution in [0.3, 0.4) is 0 Å². The average Bonchev–Trinajstić information content (AvgIpc) is 3.91. The fourth-order valence-electron chi connectivity index (χ4n) is 9.22. The van der Waals surface area contributed by atoms with Crippen LogP contribution < -0.4 is 29.6 Å². The highest BCUT2D eigenvalue weighted by molar-refractivity contribution is 6.02. The summed E-state index contributed by atoms with van der Waals surface area (Å²) in [5.41, 5.74) is 9.74. The van der Waals surface area contributed by atoms with Crippen molar-refractivity contribution >= 4 is 42.1 Å².